The Balaban J connectivity index is 1.41. The van der Waals surface area contributed by atoms with Crippen LogP contribution in [0.3, 0.4) is 0 Å². The second-order valence-corrected chi connectivity index (χ2v) is 8.70. The maximum Gasteiger partial charge on any atom is 0.247 e. The summed E-state index contributed by atoms with van der Waals surface area (Å²) in [5.41, 5.74) is 4.45. The average Bonchev–Trinajstić information content (AvgIpc) is 3.18. The van der Waals surface area contributed by atoms with Crippen LogP contribution in [0.5, 0.6) is 0 Å². The fraction of sp³-hybridized carbons (Fsp3) is 0.458. The van der Waals surface area contributed by atoms with Crippen LogP contribution >= 0.6 is 0 Å². The van der Waals surface area contributed by atoms with Gasteiger partial charge < -0.3 is 15.5 Å². The van der Waals surface area contributed by atoms with Crippen molar-refractivity contribution >= 4 is 17.3 Å². The van der Waals surface area contributed by atoms with Gasteiger partial charge in [0.15, 0.2) is 0 Å². The zero-order valence-corrected chi connectivity index (χ0v) is 17.5. The number of nitrogens with zero attached hydrogens (tertiary/aromatic N) is 1. The molecule has 0 saturated heterocycles. The summed E-state index contributed by atoms with van der Waals surface area (Å²) in [5, 5.41) is 6.23. The summed E-state index contributed by atoms with van der Waals surface area (Å²) < 4.78 is 14.1. The number of carbonyl (C=O) groups excluding carboxylic acids is 1. The summed E-state index contributed by atoms with van der Waals surface area (Å²) in [6.07, 6.45) is 5.16. The van der Waals surface area contributed by atoms with Gasteiger partial charge in [-0.25, -0.2) is 4.39 Å². The molecule has 1 aliphatic heterocycles. The van der Waals surface area contributed by atoms with Crippen LogP contribution in [-0.4, -0.2) is 37.0 Å². The van der Waals surface area contributed by atoms with Crippen molar-refractivity contribution in [1.82, 2.24) is 4.90 Å². The molecular weight excluding hydrogens is 365 g/mol. The normalized spacial score (nSPS) is 23.6. The molecule has 0 radical (unpaired) electrons. The van der Waals surface area contributed by atoms with Gasteiger partial charge in [0, 0.05) is 29.4 Å². The molecule has 1 fully saturated rings. The van der Waals surface area contributed by atoms with E-state index in [1.807, 2.05) is 19.1 Å². The van der Waals surface area contributed by atoms with Gasteiger partial charge in [0.05, 0.1) is 0 Å². The van der Waals surface area contributed by atoms with Gasteiger partial charge in [-0.3, -0.25) is 4.79 Å². The van der Waals surface area contributed by atoms with E-state index in [9.17, 15) is 9.18 Å². The van der Waals surface area contributed by atoms with E-state index in [4.69, 9.17) is 0 Å². The maximum absolute atomic E-state index is 14.1. The molecule has 0 spiro atoms. The molecule has 29 heavy (non-hydrogen) atoms. The number of rotatable bonds is 4. The number of anilines is 2. The van der Waals surface area contributed by atoms with E-state index in [0.29, 0.717) is 23.9 Å². The molecule has 1 atom stereocenters. The molecule has 2 N–H and O–H groups in total. The van der Waals surface area contributed by atoms with Crippen molar-refractivity contribution < 1.29 is 9.18 Å². The molecule has 4 nitrogen and oxygen atoms in total. The lowest BCUT2D eigenvalue weighted by atomic mass is 9.81. The minimum atomic E-state index is -0.445. The third kappa shape index (κ3) is 4.15. The van der Waals surface area contributed by atoms with Crippen LogP contribution in [0.4, 0.5) is 15.8 Å². The highest BCUT2D eigenvalue weighted by Crippen LogP contribution is 2.35. The van der Waals surface area contributed by atoms with Gasteiger partial charge in [0.25, 0.3) is 0 Å². The largest absolute Gasteiger partial charge is 0.373 e. The van der Waals surface area contributed by atoms with Gasteiger partial charge in [0.1, 0.15) is 11.9 Å². The number of nitrogens with one attached hydrogen (secondary N) is 2. The molecular formula is C24H30FN3O. The van der Waals surface area contributed by atoms with Crippen LogP contribution in [0, 0.1) is 12.7 Å². The molecule has 1 amide bonds. The molecule has 5 heteroatoms. The second-order valence-electron chi connectivity index (χ2n) is 8.70. The lowest BCUT2D eigenvalue weighted by Gasteiger charge is -2.33. The fourth-order valence-electron chi connectivity index (χ4n) is 4.75. The molecule has 2 aromatic rings. The standard InChI is InChI=1S/C24H30FN3O/c1-15-7-12-21(25)20-14-22(27-23(15)20)24(29)26-18-6-4-5-17(13-18)16-8-10-19(11-9-16)28(2)3/h4-7,12-13,16,19,22,27H,8-11,14H2,1-3H3,(H,26,29)/t16-,19-,22?. The summed E-state index contributed by atoms with van der Waals surface area (Å²) >= 11 is 0. The third-order valence-electron chi connectivity index (χ3n) is 6.56. The second kappa shape index (κ2) is 8.15. The maximum atomic E-state index is 14.1. The zero-order valence-electron chi connectivity index (χ0n) is 17.5. The topological polar surface area (TPSA) is 44.4 Å². The van der Waals surface area contributed by atoms with Gasteiger partial charge in [-0.2, -0.15) is 0 Å². The summed E-state index contributed by atoms with van der Waals surface area (Å²) in [5.74, 6) is 0.186. The number of aryl methyl sites for hydroxylation is 1. The first-order chi connectivity index (χ1) is 13.9. The fourth-order valence-corrected chi connectivity index (χ4v) is 4.75. The Hall–Kier alpha value is -2.40. The lowest BCUT2D eigenvalue weighted by molar-refractivity contribution is -0.116. The molecule has 1 unspecified atom stereocenters. The molecule has 2 aromatic carbocycles. The summed E-state index contributed by atoms with van der Waals surface area (Å²) in [6, 6.07) is 11.7. The molecule has 1 heterocycles. The van der Waals surface area contributed by atoms with Crippen molar-refractivity contribution in [3.63, 3.8) is 0 Å². The number of benzene rings is 2. The van der Waals surface area contributed by atoms with Crippen LogP contribution in [0.15, 0.2) is 36.4 Å². The lowest BCUT2D eigenvalue weighted by Crippen LogP contribution is -2.33. The molecule has 1 saturated carbocycles. The van der Waals surface area contributed by atoms with Crippen molar-refractivity contribution in [2.24, 2.45) is 0 Å². The van der Waals surface area contributed by atoms with Gasteiger partial charge in [0.2, 0.25) is 5.91 Å². The van der Waals surface area contributed by atoms with Crippen molar-refractivity contribution in [3.8, 4) is 0 Å². The molecule has 2 aliphatic rings. The quantitative estimate of drug-likeness (QED) is 0.789. The van der Waals surface area contributed by atoms with E-state index < -0.39 is 6.04 Å². The number of hydrogen-bond donors (Lipinski definition) is 2. The summed E-state index contributed by atoms with van der Waals surface area (Å²) in [4.78, 5) is 15.1. The minimum absolute atomic E-state index is 0.117. The zero-order chi connectivity index (χ0) is 20.5. The highest BCUT2D eigenvalue weighted by molar-refractivity contribution is 5.98. The predicted octanol–water partition coefficient (Wildman–Crippen LogP) is 4.70. The first-order valence-corrected chi connectivity index (χ1v) is 10.5. The molecule has 1 aliphatic carbocycles. The molecule has 154 valence electrons. The Bertz CT molecular complexity index is 872. The number of amides is 1. The number of hydrogen-bond acceptors (Lipinski definition) is 3. The Morgan fingerprint density at radius 1 is 1.14 bits per heavy atom. The Kier molecular flexibility index (Phi) is 5.59. The molecule has 4 rings (SSSR count). The summed E-state index contributed by atoms with van der Waals surface area (Å²) in [7, 11) is 4.31. The third-order valence-corrected chi connectivity index (χ3v) is 6.56. The van der Waals surface area contributed by atoms with Crippen molar-refractivity contribution in [1.29, 1.82) is 0 Å². The van der Waals surface area contributed by atoms with Crippen LogP contribution in [0.1, 0.15) is 48.3 Å². The van der Waals surface area contributed by atoms with E-state index in [1.165, 1.54) is 37.3 Å². The van der Waals surface area contributed by atoms with Crippen LogP contribution < -0.4 is 10.6 Å². The highest BCUT2D eigenvalue weighted by Gasteiger charge is 2.30. The van der Waals surface area contributed by atoms with E-state index in [1.54, 1.807) is 6.07 Å². The van der Waals surface area contributed by atoms with E-state index >= 15 is 0 Å². The predicted molar refractivity (Wildman–Crippen MR) is 116 cm³/mol. The monoisotopic (exact) mass is 395 g/mol. The van der Waals surface area contributed by atoms with Crippen molar-refractivity contribution in [3.05, 3.63) is 58.9 Å². The van der Waals surface area contributed by atoms with Gasteiger partial charge in [-0.05, 0) is 81.9 Å². The van der Waals surface area contributed by atoms with Gasteiger partial charge >= 0.3 is 0 Å². The smallest absolute Gasteiger partial charge is 0.247 e. The number of fused-ring (bicyclic) bond motifs is 1. The first kappa shape index (κ1) is 19.9. The molecule has 0 aromatic heterocycles. The Morgan fingerprint density at radius 2 is 1.90 bits per heavy atom. The first-order valence-electron chi connectivity index (χ1n) is 10.5. The van der Waals surface area contributed by atoms with Crippen molar-refractivity contribution in [2.75, 3.05) is 24.7 Å². The van der Waals surface area contributed by atoms with Crippen molar-refractivity contribution in [2.45, 2.75) is 57.0 Å². The van der Waals surface area contributed by atoms with Crippen LogP contribution in [0.25, 0.3) is 0 Å². The van der Waals surface area contributed by atoms with Gasteiger partial charge in [-0.1, -0.05) is 18.2 Å². The van der Waals surface area contributed by atoms with E-state index in [-0.39, 0.29) is 11.7 Å². The SMILES string of the molecule is Cc1ccc(F)c2c1NC(C(=O)Nc1cccc([C@H]3CC[C@H](N(C)C)CC3)c1)C2. The summed E-state index contributed by atoms with van der Waals surface area (Å²) in [6.45, 7) is 1.93. The van der Waals surface area contributed by atoms with Gasteiger partial charge in [-0.15, -0.1) is 0 Å². The highest BCUT2D eigenvalue weighted by atomic mass is 19.1. The number of halogens is 1. The Morgan fingerprint density at radius 3 is 2.59 bits per heavy atom. The average molecular weight is 396 g/mol. The minimum Gasteiger partial charge on any atom is -0.373 e. The van der Waals surface area contributed by atoms with E-state index in [2.05, 4.69) is 41.8 Å². The van der Waals surface area contributed by atoms with Crippen LogP contribution in [-0.2, 0) is 11.2 Å². The number of carbonyl (C=O) groups is 1. The van der Waals surface area contributed by atoms with Crippen LogP contribution in [0.2, 0.25) is 0 Å². The van der Waals surface area contributed by atoms with E-state index in [0.717, 1.165) is 16.9 Å². The Labute approximate surface area is 172 Å². The molecule has 0 bridgehead atoms.